The smallest absolute Gasteiger partial charge is 0.268 e. The van der Waals surface area contributed by atoms with E-state index in [1.807, 2.05) is 35.9 Å². The van der Waals surface area contributed by atoms with Crippen LogP contribution in [0.4, 0.5) is 4.39 Å². The minimum absolute atomic E-state index is 0.197. The molecule has 2 aromatic carbocycles. The SMILES string of the molecule is Cn1c(C(=O)NCc2ccc(F)cc2)cc2oc3ccccc3c21. The van der Waals surface area contributed by atoms with Crippen LogP contribution in [0.3, 0.4) is 0 Å². The topological polar surface area (TPSA) is 47.2 Å². The average Bonchev–Trinajstić information content (AvgIpc) is 3.11. The highest BCUT2D eigenvalue weighted by Gasteiger charge is 2.18. The van der Waals surface area contributed by atoms with Crippen LogP contribution < -0.4 is 5.32 Å². The molecule has 0 aliphatic carbocycles. The van der Waals surface area contributed by atoms with Crippen molar-refractivity contribution in [3.63, 3.8) is 0 Å². The van der Waals surface area contributed by atoms with Crippen molar-refractivity contribution in [1.82, 2.24) is 9.88 Å². The Kier molecular flexibility index (Phi) is 3.34. The maximum atomic E-state index is 12.9. The number of benzene rings is 2. The molecule has 0 saturated carbocycles. The third-order valence-corrected chi connectivity index (χ3v) is 4.16. The van der Waals surface area contributed by atoms with Gasteiger partial charge in [-0.1, -0.05) is 24.3 Å². The van der Waals surface area contributed by atoms with Gasteiger partial charge in [0, 0.05) is 25.0 Å². The van der Waals surface area contributed by atoms with Crippen LogP contribution in [0.1, 0.15) is 16.1 Å². The predicted molar refractivity (Wildman–Crippen MR) is 90.3 cm³/mol. The average molecular weight is 322 g/mol. The number of aryl methyl sites for hydroxylation is 1. The zero-order valence-electron chi connectivity index (χ0n) is 13.0. The van der Waals surface area contributed by atoms with Crippen LogP contribution in [0, 0.1) is 5.82 Å². The van der Waals surface area contributed by atoms with E-state index in [9.17, 15) is 9.18 Å². The summed E-state index contributed by atoms with van der Waals surface area (Å²) in [5, 5.41) is 3.83. The van der Waals surface area contributed by atoms with Crippen LogP contribution in [0.15, 0.2) is 59.0 Å². The van der Waals surface area contributed by atoms with E-state index in [1.165, 1.54) is 12.1 Å². The van der Waals surface area contributed by atoms with E-state index in [0.29, 0.717) is 17.8 Å². The molecule has 4 rings (SSSR count). The fourth-order valence-corrected chi connectivity index (χ4v) is 2.93. The first-order valence-corrected chi connectivity index (χ1v) is 7.63. The Labute approximate surface area is 137 Å². The molecule has 0 aliphatic rings. The van der Waals surface area contributed by atoms with Crippen LogP contribution >= 0.6 is 0 Å². The molecule has 1 N–H and O–H groups in total. The fourth-order valence-electron chi connectivity index (χ4n) is 2.93. The van der Waals surface area contributed by atoms with Gasteiger partial charge in [0.1, 0.15) is 17.1 Å². The van der Waals surface area contributed by atoms with Crippen molar-refractivity contribution in [3.8, 4) is 0 Å². The second-order valence-corrected chi connectivity index (χ2v) is 5.71. The summed E-state index contributed by atoms with van der Waals surface area (Å²) >= 11 is 0. The van der Waals surface area contributed by atoms with Crippen molar-refractivity contribution < 1.29 is 13.6 Å². The predicted octanol–water partition coefficient (Wildman–Crippen LogP) is 3.99. The Bertz CT molecular complexity index is 1040. The number of nitrogens with one attached hydrogen (secondary N) is 1. The lowest BCUT2D eigenvalue weighted by Crippen LogP contribution is -2.24. The van der Waals surface area contributed by atoms with Gasteiger partial charge in [-0.05, 0) is 29.8 Å². The molecule has 0 spiro atoms. The van der Waals surface area contributed by atoms with Gasteiger partial charge in [0.2, 0.25) is 0 Å². The van der Waals surface area contributed by atoms with E-state index in [4.69, 9.17) is 4.42 Å². The number of aromatic nitrogens is 1. The van der Waals surface area contributed by atoms with Crippen molar-refractivity contribution in [1.29, 1.82) is 0 Å². The Morgan fingerprint density at radius 2 is 1.88 bits per heavy atom. The first-order valence-electron chi connectivity index (χ1n) is 7.63. The lowest BCUT2D eigenvalue weighted by atomic mass is 10.2. The zero-order valence-corrected chi connectivity index (χ0v) is 13.0. The summed E-state index contributed by atoms with van der Waals surface area (Å²) in [6.45, 7) is 0.340. The van der Waals surface area contributed by atoms with Gasteiger partial charge in [0.05, 0.1) is 5.52 Å². The van der Waals surface area contributed by atoms with Gasteiger partial charge in [-0.25, -0.2) is 4.39 Å². The van der Waals surface area contributed by atoms with E-state index in [0.717, 1.165) is 22.0 Å². The standard InChI is InChI=1S/C19H15FN2O2/c1-22-15(19(23)21-11-12-6-8-13(20)9-7-12)10-17-18(22)14-4-2-3-5-16(14)24-17/h2-10H,11H2,1H3,(H,21,23). The molecule has 0 aliphatic heterocycles. The van der Waals surface area contributed by atoms with Gasteiger partial charge < -0.3 is 14.3 Å². The molecule has 1 amide bonds. The number of hydrogen-bond acceptors (Lipinski definition) is 2. The monoisotopic (exact) mass is 322 g/mol. The molecule has 0 atom stereocenters. The van der Waals surface area contributed by atoms with Gasteiger partial charge in [0.15, 0.2) is 5.58 Å². The van der Waals surface area contributed by atoms with Gasteiger partial charge in [0.25, 0.3) is 5.91 Å². The minimum Gasteiger partial charge on any atom is -0.454 e. The molecule has 2 heterocycles. The fraction of sp³-hybridized carbons (Fsp3) is 0.105. The van der Waals surface area contributed by atoms with E-state index >= 15 is 0 Å². The first kappa shape index (κ1) is 14.5. The van der Waals surface area contributed by atoms with E-state index < -0.39 is 0 Å². The largest absolute Gasteiger partial charge is 0.454 e. The molecule has 0 saturated heterocycles. The first-order chi connectivity index (χ1) is 11.6. The molecule has 0 unspecified atom stereocenters. The third kappa shape index (κ3) is 2.34. The molecule has 2 aromatic heterocycles. The highest BCUT2D eigenvalue weighted by molar-refractivity contribution is 6.07. The number of fused-ring (bicyclic) bond motifs is 3. The maximum absolute atomic E-state index is 12.9. The summed E-state index contributed by atoms with van der Waals surface area (Å²) < 4.78 is 20.5. The number of carbonyl (C=O) groups is 1. The number of amides is 1. The van der Waals surface area contributed by atoms with Gasteiger partial charge >= 0.3 is 0 Å². The number of carbonyl (C=O) groups excluding carboxylic acids is 1. The summed E-state index contributed by atoms with van der Waals surface area (Å²) in [7, 11) is 1.84. The van der Waals surface area contributed by atoms with E-state index in [2.05, 4.69) is 5.32 Å². The normalized spacial score (nSPS) is 11.2. The Morgan fingerprint density at radius 1 is 1.12 bits per heavy atom. The molecule has 5 heteroatoms. The number of para-hydroxylation sites is 1. The second-order valence-electron chi connectivity index (χ2n) is 5.71. The highest BCUT2D eigenvalue weighted by Crippen LogP contribution is 2.30. The Hall–Kier alpha value is -3.08. The van der Waals surface area contributed by atoms with Crippen LogP contribution in [0.5, 0.6) is 0 Å². The summed E-state index contributed by atoms with van der Waals surface area (Å²) in [6, 6.07) is 15.5. The Morgan fingerprint density at radius 3 is 2.67 bits per heavy atom. The Balaban J connectivity index is 1.62. The van der Waals surface area contributed by atoms with Gasteiger partial charge in [-0.2, -0.15) is 0 Å². The number of furan rings is 1. The molecule has 0 fully saturated rings. The third-order valence-electron chi connectivity index (χ3n) is 4.16. The van der Waals surface area contributed by atoms with Crippen LogP contribution in [0.25, 0.3) is 22.1 Å². The van der Waals surface area contributed by atoms with Crippen molar-refractivity contribution in [2.75, 3.05) is 0 Å². The van der Waals surface area contributed by atoms with E-state index in [1.54, 1.807) is 18.2 Å². The summed E-state index contributed by atoms with van der Waals surface area (Å²) in [4.78, 5) is 12.5. The molecule has 0 bridgehead atoms. The quantitative estimate of drug-likeness (QED) is 0.620. The number of nitrogens with zero attached hydrogens (tertiary/aromatic N) is 1. The molecule has 24 heavy (non-hydrogen) atoms. The van der Waals surface area contributed by atoms with Crippen molar-refractivity contribution >= 4 is 28.0 Å². The lowest BCUT2D eigenvalue weighted by Gasteiger charge is -2.07. The molecule has 120 valence electrons. The summed E-state index contributed by atoms with van der Waals surface area (Å²) in [5.74, 6) is -0.489. The zero-order chi connectivity index (χ0) is 16.7. The van der Waals surface area contributed by atoms with Gasteiger partial charge in [-0.15, -0.1) is 0 Å². The van der Waals surface area contributed by atoms with Crippen LogP contribution in [-0.2, 0) is 13.6 Å². The summed E-state index contributed by atoms with van der Waals surface area (Å²) in [5.41, 5.74) is 3.75. The molecule has 4 nitrogen and oxygen atoms in total. The summed E-state index contributed by atoms with van der Waals surface area (Å²) in [6.07, 6.45) is 0. The number of rotatable bonds is 3. The number of hydrogen-bond donors (Lipinski definition) is 1. The molecule has 4 aromatic rings. The minimum atomic E-state index is -0.292. The molecular weight excluding hydrogens is 307 g/mol. The highest BCUT2D eigenvalue weighted by atomic mass is 19.1. The lowest BCUT2D eigenvalue weighted by molar-refractivity contribution is 0.0943. The van der Waals surface area contributed by atoms with E-state index in [-0.39, 0.29) is 11.7 Å². The van der Waals surface area contributed by atoms with Gasteiger partial charge in [-0.3, -0.25) is 4.79 Å². The van der Waals surface area contributed by atoms with Crippen LogP contribution in [-0.4, -0.2) is 10.5 Å². The maximum Gasteiger partial charge on any atom is 0.268 e. The van der Waals surface area contributed by atoms with Crippen molar-refractivity contribution in [2.45, 2.75) is 6.54 Å². The second kappa shape index (κ2) is 5.53. The van der Waals surface area contributed by atoms with Crippen LogP contribution in [0.2, 0.25) is 0 Å². The molecule has 0 radical (unpaired) electrons. The molecular formula is C19H15FN2O2. The van der Waals surface area contributed by atoms with Crippen molar-refractivity contribution in [2.24, 2.45) is 7.05 Å². The van der Waals surface area contributed by atoms with Crippen molar-refractivity contribution in [3.05, 3.63) is 71.7 Å². The number of halogens is 1.